The van der Waals surface area contributed by atoms with Crippen LogP contribution in [-0.2, 0) is 23.9 Å². The first-order valence-electron chi connectivity index (χ1n) is 21.5. The number of aromatic nitrogens is 2. The molecule has 1 saturated heterocycles. The molecule has 0 radical (unpaired) electrons. The number of anilines is 2. The molecule has 1 fully saturated rings. The number of esters is 1. The number of aryl methyl sites for hydroxylation is 2. The topological polar surface area (TPSA) is 213 Å². The van der Waals surface area contributed by atoms with Crippen LogP contribution in [0.25, 0.3) is 28.3 Å². The highest BCUT2D eigenvalue weighted by molar-refractivity contribution is 6.51. The van der Waals surface area contributed by atoms with E-state index >= 15 is 0 Å². The third-order valence-electron chi connectivity index (χ3n) is 10.5. The van der Waals surface area contributed by atoms with Crippen LogP contribution in [0, 0.1) is 25.5 Å². The predicted octanol–water partition coefficient (Wildman–Crippen LogP) is 10.9. The molecule has 3 N–H and O–H groups in total. The minimum atomic E-state index is -1.00. The van der Waals surface area contributed by atoms with Gasteiger partial charge in [0, 0.05) is 51.3 Å². The van der Waals surface area contributed by atoms with Crippen LogP contribution in [0.15, 0.2) is 185 Å². The van der Waals surface area contributed by atoms with Crippen LogP contribution in [0.4, 0.5) is 20.2 Å². The van der Waals surface area contributed by atoms with Gasteiger partial charge < -0.3 is 24.6 Å². The van der Waals surface area contributed by atoms with Crippen molar-refractivity contribution in [3.05, 3.63) is 221 Å². The summed E-state index contributed by atoms with van der Waals surface area (Å²) in [7, 11) is 1.11. The summed E-state index contributed by atoms with van der Waals surface area (Å²) < 4.78 is 40.2. The van der Waals surface area contributed by atoms with Crippen LogP contribution in [0.1, 0.15) is 62.9 Å². The molecule has 1 aliphatic rings. The summed E-state index contributed by atoms with van der Waals surface area (Å²) in [6.45, 7) is 3.80. The van der Waals surface area contributed by atoms with E-state index in [4.69, 9.17) is 14.8 Å². The van der Waals surface area contributed by atoms with Gasteiger partial charge in [-0.15, -0.1) is 0 Å². The van der Waals surface area contributed by atoms with Crippen molar-refractivity contribution < 1.29 is 56.4 Å². The highest BCUT2D eigenvalue weighted by Crippen LogP contribution is 2.42. The van der Waals surface area contributed by atoms with Crippen LogP contribution in [-0.4, -0.2) is 58.0 Å². The molecule has 14 nitrogen and oxygen atoms in total. The molecule has 9 rings (SSSR count). The molecule has 366 valence electrons. The number of hydrogen-bond acceptors (Lipinski definition) is 13. The van der Waals surface area contributed by atoms with E-state index in [0.29, 0.717) is 39.9 Å². The summed E-state index contributed by atoms with van der Waals surface area (Å²) in [5.74, 6) is -5.04. The molecule has 8 aromatic rings. The molecular formula is C56H48F2N4O10. The van der Waals surface area contributed by atoms with Crippen molar-refractivity contribution in [1.82, 2.24) is 10.3 Å². The van der Waals surface area contributed by atoms with Crippen molar-refractivity contribution in [2.75, 3.05) is 17.7 Å². The fourth-order valence-corrected chi connectivity index (χ4v) is 6.88. The number of aliphatic hydroxyl groups excluding tert-OH is 1. The van der Waals surface area contributed by atoms with E-state index in [1.165, 1.54) is 47.6 Å². The second-order valence-corrected chi connectivity index (χ2v) is 15.6. The zero-order valence-corrected chi connectivity index (χ0v) is 38.3. The van der Waals surface area contributed by atoms with Gasteiger partial charge in [0.2, 0.25) is 5.78 Å². The third-order valence-corrected chi connectivity index (χ3v) is 10.5. The van der Waals surface area contributed by atoms with Crippen molar-refractivity contribution in [1.29, 1.82) is 0 Å². The maximum atomic E-state index is 14.2. The minimum Gasteiger partial charge on any atom is -0.507 e. The maximum Gasteiger partial charge on any atom is 0.374 e. The van der Waals surface area contributed by atoms with Gasteiger partial charge in [0.25, 0.3) is 11.7 Å². The quantitative estimate of drug-likeness (QED) is 0.0191. The number of aliphatic hydroxyl groups is 1. The Morgan fingerprint density at radius 2 is 1.22 bits per heavy atom. The van der Waals surface area contributed by atoms with Crippen LogP contribution < -0.4 is 10.6 Å². The van der Waals surface area contributed by atoms with Crippen LogP contribution in [0.5, 0.6) is 0 Å². The number of aldehydes is 1. The number of nitrogens with zero attached hydrogens (tertiary/aromatic N) is 3. The maximum absolute atomic E-state index is 14.2. The second-order valence-electron chi connectivity index (χ2n) is 15.6. The largest absolute Gasteiger partial charge is 0.507 e. The average Bonchev–Trinajstić information content (AvgIpc) is 4.18. The van der Waals surface area contributed by atoms with Crippen molar-refractivity contribution >= 4 is 52.6 Å². The summed E-state index contributed by atoms with van der Waals surface area (Å²) >= 11 is 0. The van der Waals surface area contributed by atoms with Crippen molar-refractivity contribution in [3.8, 4) is 22.5 Å². The Hall–Kier alpha value is -9.44. The van der Waals surface area contributed by atoms with Crippen LogP contribution >= 0.6 is 0 Å². The molecule has 0 aliphatic carbocycles. The Morgan fingerprint density at radius 1 is 0.708 bits per heavy atom. The van der Waals surface area contributed by atoms with E-state index in [-0.39, 0.29) is 30.4 Å². The Morgan fingerprint density at radius 3 is 1.69 bits per heavy atom. The molecule has 0 saturated carbocycles. The van der Waals surface area contributed by atoms with Gasteiger partial charge in [-0.05, 0) is 67.9 Å². The number of Topliss-reactive ketones (excluding diaryl/α,β-unsaturated/α-hetero) is 3. The van der Waals surface area contributed by atoms with Gasteiger partial charge >= 0.3 is 5.97 Å². The number of amides is 1. The number of rotatable bonds is 10. The van der Waals surface area contributed by atoms with Gasteiger partial charge in [0.1, 0.15) is 47.6 Å². The number of carbonyl (C=O) groups excluding carboxylic acids is 6. The molecule has 1 amide bonds. The second kappa shape index (κ2) is 25.2. The van der Waals surface area contributed by atoms with Gasteiger partial charge in [-0.3, -0.25) is 28.9 Å². The highest BCUT2D eigenvalue weighted by Gasteiger charge is 2.47. The van der Waals surface area contributed by atoms with Crippen LogP contribution in [0.2, 0.25) is 0 Å². The van der Waals surface area contributed by atoms with Crippen molar-refractivity contribution in [3.63, 3.8) is 0 Å². The van der Waals surface area contributed by atoms with E-state index < -0.39 is 41.7 Å². The summed E-state index contributed by atoms with van der Waals surface area (Å²) in [5, 5.41) is 18.8. The average molecular weight is 975 g/mol. The monoisotopic (exact) mass is 974 g/mol. The summed E-state index contributed by atoms with van der Waals surface area (Å²) in [5.41, 5.74) is 13.4. The molecular weight excluding hydrogens is 927 g/mol. The van der Waals surface area contributed by atoms with Gasteiger partial charge in [-0.25, -0.2) is 13.6 Å². The molecule has 3 heterocycles. The number of carbonyl (C=O) groups is 6. The van der Waals surface area contributed by atoms with E-state index in [1.54, 1.807) is 97.3 Å². The molecule has 6 aromatic carbocycles. The number of halogens is 2. The van der Waals surface area contributed by atoms with E-state index in [0.717, 1.165) is 40.7 Å². The first-order chi connectivity index (χ1) is 34.2. The summed E-state index contributed by atoms with van der Waals surface area (Å²) in [6, 6.07) is 41.8. The van der Waals surface area contributed by atoms with Gasteiger partial charge in [0.15, 0.2) is 5.78 Å². The number of nitrogens with two attached hydrogens (primary N) is 1. The van der Waals surface area contributed by atoms with E-state index in [1.807, 2.05) is 44.2 Å². The normalized spacial score (nSPS) is 13.1. The Labute approximate surface area is 413 Å². The number of benzene rings is 6. The highest BCUT2D eigenvalue weighted by atomic mass is 19.1. The molecule has 1 unspecified atom stereocenters. The lowest BCUT2D eigenvalue weighted by Gasteiger charge is -2.25. The van der Waals surface area contributed by atoms with Crippen molar-refractivity contribution in [2.45, 2.75) is 33.7 Å². The molecule has 0 bridgehead atoms. The van der Waals surface area contributed by atoms with E-state index in [2.05, 4.69) is 15.1 Å². The number of hydrogen-bond donors (Lipinski definition) is 2. The lowest BCUT2D eigenvalue weighted by Crippen LogP contribution is -2.29. The summed E-state index contributed by atoms with van der Waals surface area (Å²) in [6.07, 6.45) is 3.17. The van der Waals surface area contributed by atoms with E-state index in [9.17, 15) is 42.7 Å². The lowest BCUT2D eigenvalue weighted by atomic mass is 9.94. The molecule has 72 heavy (non-hydrogen) atoms. The molecule has 1 atom stereocenters. The first-order valence-corrected chi connectivity index (χ1v) is 21.5. The zero-order valence-electron chi connectivity index (χ0n) is 38.3. The number of methoxy groups -OCH3 is 1. The Balaban J connectivity index is 0.000000208. The van der Waals surface area contributed by atoms with Crippen LogP contribution in [0.3, 0.4) is 0 Å². The first kappa shape index (κ1) is 53.5. The third kappa shape index (κ3) is 13.8. The minimum absolute atomic E-state index is 0. The van der Waals surface area contributed by atoms with Gasteiger partial charge in [0.05, 0.1) is 25.1 Å². The number of ether oxygens (including phenoxy) is 1. The summed E-state index contributed by atoms with van der Waals surface area (Å²) in [4.78, 5) is 71.1. The molecule has 0 spiro atoms. The molecule has 16 heteroatoms. The lowest BCUT2D eigenvalue weighted by molar-refractivity contribution is -0.151. The standard InChI is InChI=1S/C27H19FN2O4.C12H12O4.C9H8N2O.C7H5FO.CH4/c1-16-5-7-18(8-6-16)25(31)23-24(19-3-2-4-20(28)15-19)30(27(33)26(23)32)21-11-9-17(10-12-21)22-13-14-34-29-22;1-8-3-5-9(6-4-8)10(13)7-11(14)12(15)16-2;10-8-3-1-7(2-4-8)9-5-6-12-11-9;8-7-3-1-2-6(4-7)5-9;/h2-15,24,31H,1H3;3-6H,7H2,1-2H3;1-6H,10H2;1-5H;1H4. The number of nitrogen functional groups attached to an aromatic ring is 1. The fourth-order valence-electron chi connectivity index (χ4n) is 6.88. The number of ketones is 3. The Bertz CT molecular complexity index is 3160. The predicted molar refractivity (Wildman–Crippen MR) is 266 cm³/mol. The van der Waals surface area contributed by atoms with Crippen molar-refractivity contribution in [2.24, 2.45) is 0 Å². The SMILES string of the molecule is C.COC(=O)C(=O)CC(=O)c1ccc(C)cc1.Cc1ccc(C(O)=C2C(=O)C(=O)N(c3ccc(-c4ccon4)cc3)C2c2cccc(F)c2)cc1.Nc1ccc(-c2ccon2)cc1.O=Cc1cccc(F)c1. The van der Waals surface area contributed by atoms with Gasteiger partial charge in [-0.1, -0.05) is 126 Å². The fraction of sp³-hybridized carbons (Fsp3) is 0.107. The van der Waals surface area contributed by atoms with Gasteiger partial charge in [-0.2, -0.15) is 0 Å². The molecule has 1 aliphatic heterocycles. The molecule has 2 aromatic heterocycles. The zero-order chi connectivity index (χ0) is 51.0. The Kier molecular flexibility index (Phi) is 18.8. The smallest absolute Gasteiger partial charge is 0.374 e.